The second-order valence-corrected chi connectivity index (χ2v) is 12.1. The number of non-ortho nitro benzene ring substituents is 1. The fraction of sp³-hybridized carbons (Fsp3) is 0.424. The molecule has 0 aliphatic carbocycles. The minimum Gasteiger partial charge on any atom is -0.497 e. The molecular formula is C33H39N5O6S. The third-order valence-corrected chi connectivity index (χ3v) is 9.47. The molecule has 0 bridgehead atoms. The molecule has 12 heteroatoms. The first kappa shape index (κ1) is 32.0. The van der Waals surface area contributed by atoms with Crippen LogP contribution in [0.1, 0.15) is 63.6 Å². The molecule has 0 unspecified atom stereocenters. The number of nitro groups is 1. The van der Waals surface area contributed by atoms with E-state index in [0.717, 1.165) is 44.5 Å². The Kier molecular flexibility index (Phi) is 9.71. The van der Waals surface area contributed by atoms with Gasteiger partial charge in [0.2, 0.25) is 0 Å². The smallest absolute Gasteiger partial charge is 0.271 e. The van der Waals surface area contributed by atoms with Crippen LogP contribution in [0.15, 0.2) is 57.5 Å². The van der Waals surface area contributed by atoms with Crippen molar-refractivity contribution < 1.29 is 19.2 Å². The normalized spacial score (nSPS) is 17.0. The number of ether oxygens (including phenoxy) is 2. The van der Waals surface area contributed by atoms with Gasteiger partial charge in [-0.25, -0.2) is 4.99 Å². The van der Waals surface area contributed by atoms with Crippen LogP contribution in [0.25, 0.3) is 6.08 Å². The molecule has 0 radical (unpaired) electrons. The molecule has 2 aromatic carbocycles. The molecule has 2 aliphatic heterocycles. The van der Waals surface area contributed by atoms with E-state index >= 15 is 0 Å². The Balaban J connectivity index is 1.77. The van der Waals surface area contributed by atoms with E-state index in [-0.39, 0.29) is 17.2 Å². The van der Waals surface area contributed by atoms with Crippen LogP contribution in [0.3, 0.4) is 0 Å². The van der Waals surface area contributed by atoms with Gasteiger partial charge >= 0.3 is 0 Å². The third-order valence-electron chi connectivity index (χ3n) is 8.49. The second kappa shape index (κ2) is 13.7. The van der Waals surface area contributed by atoms with Crippen molar-refractivity contribution in [2.45, 2.75) is 52.5 Å². The lowest BCUT2D eigenvalue weighted by atomic mass is 9.93. The molecule has 0 saturated carbocycles. The highest BCUT2D eigenvalue weighted by Gasteiger charge is 2.36. The summed E-state index contributed by atoms with van der Waals surface area (Å²) in [5, 5.41) is 11.8. The van der Waals surface area contributed by atoms with Crippen molar-refractivity contribution in [1.29, 1.82) is 0 Å². The van der Waals surface area contributed by atoms with Gasteiger partial charge in [0.15, 0.2) is 4.80 Å². The first-order valence-electron chi connectivity index (χ1n) is 15.3. The summed E-state index contributed by atoms with van der Waals surface area (Å²) in [4.78, 5) is 48.9. The number of fused-ring (bicyclic) bond motifs is 1. The second-order valence-electron chi connectivity index (χ2n) is 11.1. The van der Waals surface area contributed by atoms with Gasteiger partial charge in [0.25, 0.3) is 17.2 Å². The average molecular weight is 634 g/mol. The molecule has 1 fully saturated rings. The summed E-state index contributed by atoms with van der Waals surface area (Å²) in [5.74, 6) is 0.834. The van der Waals surface area contributed by atoms with E-state index in [2.05, 4.69) is 4.90 Å². The molecule has 1 aromatic heterocycles. The number of hydrogen-bond acceptors (Lipinski definition) is 9. The summed E-state index contributed by atoms with van der Waals surface area (Å²) in [7, 11) is 3.10. The van der Waals surface area contributed by atoms with E-state index < -0.39 is 11.0 Å². The van der Waals surface area contributed by atoms with E-state index in [1.807, 2.05) is 13.8 Å². The Hall–Kier alpha value is -4.45. The van der Waals surface area contributed by atoms with Crippen LogP contribution >= 0.6 is 11.3 Å². The number of amides is 1. The Bertz CT molecular complexity index is 1820. The number of anilines is 1. The predicted octanol–water partition coefficient (Wildman–Crippen LogP) is 4.41. The lowest BCUT2D eigenvalue weighted by molar-refractivity contribution is -0.384. The predicted molar refractivity (Wildman–Crippen MR) is 175 cm³/mol. The number of allylic oxidation sites excluding steroid dienone is 1. The number of methoxy groups -OCH3 is 2. The summed E-state index contributed by atoms with van der Waals surface area (Å²) in [6.45, 7) is 8.26. The Morgan fingerprint density at radius 3 is 2.42 bits per heavy atom. The van der Waals surface area contributed by atoms with Gasteiger partial charge in [0.1, 0.15) is 17.5 Å². The summed E-state index contributed by atoms with van der Waals surface area (Å²) in [6.07, 6.45) is 6.06. The number of rotatable bonds is 9. The van der Waals surface area contributed by atoms with E-state index in [0.29, 0.717) is 56.3 Å². The zero-order chi connectivity index (χ0) is 32.2. The molecule has 238 valence electrons. The standard InChI is InChI=1S/C33H39N5O6S/c1-6-35(7-2)32(40)29-21(3)34-33-37(30(29)25-20-24(43-4)13-15-27(25)44-5)31(39)28(45-33)19-22-18-23(38(41)42)12-14-26(22)36-16-10-8-9-11-17-36/h12-15,18-20,30H,6-11,16-17H2,1-5H3/b28-19-/t30-/m1/s1. The monoisotopic (exact) mass is 633 g/mol. The van der Waals surface area contributed by atoms with E-state index in [1.54, 1.807) is 61.0 Å². The van der Waals surface area contributed by atoms with Crippen LogP contribution in [-0.4, -0.2) is 60.7 Å². The maximum Gasteiger partial charge on any atom is 0.271 e. The molecule has 11 nitrogen and oxygen atoms in total. The van der Waals surface area contributed by atoms with Gasteiger partial charge in [-0.3, -0.25) is 24.3 Å². The largest absolute Gasteiger partial charge is 0.497 e. The Morgan fingerprint density at radius 2 is 1.80 bits per heavy atom. The topological polar surface area (TPSA) is 120 Å². The molecule has 3 heterocycles. The average Bonchev–Trinajstić information content (AvgIpc) is 3.18. The van der Waals surface area contributed by atoms with Crippen molar-refractivity contribution in [2.75, 3.05) is 45.3 Å². The first-order valence-corrected chi connectivity index (χ1v) is 16.1. The van der Waals surface area contributed by atoms with Gasteiger partial charge in [-0.1, -0.05) is 24.2 Å². The van der Waals surface area contributed by atoms with E-state index in [4.69, 9.17) is 14.5 Å². The SMILES string of the molecule is CCN(CC)C(=O)C1=C(C)N=c2s/c(=C\c3cc([N+](=O)[O-])ccc3N3CCCCCC3)c(=O)n2[C@@H]1c1cc(OC)ccc1OC. The molecule has 1 amide bonds. The lowest BCUT2D eigenvalue weighted by Gasteiger charge is -2.30. The minimum atomic E-state index is -0.836. The quantitative estimate of drug-likeness (QED) is 0.253. The fourth-order valence-electron chi connectivity index (χ4n) is 6.14. The highest BCUT2D eigenvalue weighted by atomic mass is 32.1. The molecule has 2 aliphatic rings. The van der Waals surface area contributed by atoms with E-state index in [1.165, 1.54) is 23.5 Å². The molecular weight excluding hydrogens is 594 g/mol. The molecule has 3 aromatic rings. The third kappa shape index (κ3) is 6.24. The number of hydrogen-bond donors (Lipinski definition) is 0. The fourth-order valence-corrected chi connectivity index (χ4v) is 7.17. The molecule has 0 spiro atoms. The molecule has 45 heavy (non-hydrogen) atoms. The number of aromatic nitrogens is 1. The van der Waals surface area contributed by atoms with Crippen LogP contribution < -0.4 is 29.3 Å². The first-order chi connectivity index (χ1) is 21.7. The van der Waals surface area contributed by atoms with E-state index in [9.17, 15) is 19.7 Å². The van der Waals surface area contributed by atoms with Crippen molar-refractivity contribution >= 4 is 34.7 Å². The zero-order valence-corrected chi connectivity index (χ0v) is 27.2. The Morgan fingerprint density at radius 1 is 1.09 bits per heavy atom. The number of benzene rings is 2. The van der Waals surface area contributed by atoms with Crippen molar-refractivity contribution in [3.05, 3.63) is 88.6 Å². The molecule has 5 rings (SSSR count). The molecule has 1 atom stereocenters. The van der Waals surface area contributed by atoms with Crippen LogP contribution in [0.2, 0.25) is 0 Å². The maximum atomic E-state index is 14.4. The van der Waals surface area contributed by atoms with Crippen molar-refractivity contribution in [2.24, 2.45) is 4.99 Å². The zero-order valence-electron chi connectivity index (χ0n) is 26.4. The Labute approximate surface area is 265 Å². The van der Waals surface area contributed by atoms with Gasteiger partial charge in [-0.05, 0) is 64.0 Å². The van der Waals surface area contributed by atoms with Gasteiger partial charge in [-0.2, -0.15) is 0 Å². The number of nitro benzene ring substituents is 1. The summed E-state index contributed by atoms with van der Waals surface area (Å²) in [6, 6.07) is 9.30. The maximum absolute atomic E-state index is 14.4. The number of thiazole rings is 1. The van der Waals surface area contributed by atoms with Crippen molar-refractivity contribution in [1.82, 2.24) is 9.47 Å². The van der Waals surface area contributed by atoms with Crippen LogP contribution in [0, 0.1) is 10.1 Å². The summed E-state index contributed by atoms with van der Waals surface area (Å²) in [5.41, 5.74) is 2.54. The number of likely N-dealkylation sites (N-methyl/N-ethyl adjacent to an activating group) is 1. The van der Waals surface area contributed by atoms with Crippen LogP contribution in [0.4, 0.5) is 11.4 Å². The van der Waals surface area contributed by atoms with Crippen LogP contribution in [-0.2, 0) is 4.79 Å². The minimum absolute atomic E-state index is 0.0467. The van der Waals surface area contributed by atoms with Gasteiger partial charge < -0.3 is 19.3 Å². The molecule has 1 saturated heterocycles. The van der Waals surface area contributed by atoms with Gasteiger partial charge in [0.05, 0.1) is 34.9 Å². The number of carbonyl (C=O) groups is 1. The highest BCUT2D eigenvalue weighted by Crippen LogP contribution is 2.38. The molecule has 0 N–H and O–H groups in total. The van der Waals surface area contributed by atoms with Crippen LogP contribution in [0.5, 0.6) is 11.5 Å². The summed E-state index contributed by atoms with van der Waals surface area (Å²) < 4.78 is 13.2. The number of carbonyl (C=O) groups excluding carboxylic acids is 1. The highest BCUT2D eigenvalue weighted by molar-refractivity contribution is 7.07. The number of nitrogens with zero attached hydrogens (tertiary/aromatic N) is 5. The summed E-state index contributed by atoms with van der Waals surface area (Å²) >= 11 is 1.20. The van der Waals surface area contributed by atoms with Gasteiger partial charge in [0, 0.05) is 55.1 Å². The lowest BCUT2D eigenvalue weighted by Crippen LogP contribution is -2.43. The van der Waals surface area contributed by atoms with Gasteiger partial charge in [-0.15, -0.1) is 0 Å². The van der Waals surface area contributed by atoms with Crippen molar-refractivity contribution in [3.8, 4) is 11.5 Å². The van der Waals surface area contributed by atoms with Crippen molar-refractivity contribution in [3.63, 3.8) is 0 Å².